The van der Waals surface area contributed by atoms with Crippen LogP contribution in [0.2, 0.25) is 0 Å². The molecule has 0 aliphatic carbocycles. The number of ether oxygens (including phenoxy) is 1. The summed E-state index contributed by atoms with van der Waals surface area (Å²) in [6.07, 6.45) is 6.82. The third kappa shape index (κ3) is 10.5. The smallest absolute Gasteiger partial charge is 0.252 e. The molecule has 0 fully saturated rings. The summed E-state index contributed by atoms with van der Waals surface area (Å²) in [6.45, 7) is 3.71. The van der Waals surface area contributed by atoms with Crippen molar-refractivity contribution in [2.24, 2.45) is 5.73 Å². The van der Waals surface area contributed by atoms with E-state index in [1.165, 1.54) is 30.1 Å². The quantitative estimate of drug-likeness (QED) is 0.0405. The molecule has 1 unspecified atom stereocenters. The van der Waals surface area contributed by atoms with Crippen molar-refractivity contribution in [2.75, 3.05) is 32.1 Å². The van der Waals surface area contributed by atoms with Crippen molar-refractivity contribution < 1.29 is 24.5 Å². The number of benzene rings is 4. The van der Waals surface area contributed by atoms with Gasteiger partial charge in [-0.2, -0.15) is 0 Å². The topological polar surface area (TPSA) is 192 Å². The van der Waals surface area contributed by atoms with Crippen molar-refractivity contribution in [1.82, 2.24) is 20.6 Å². The van der Waals surface area contributed by atoms with Crippen LogP contribution in [0.3, 0.4) is 0 Å². The van der Waals surface area contributed by atoms with Gasteiger partial charge in [0.25, 0.3) is 11.8 Å². The summed E-state index contributed by atoms with van der Waals surface area (Å²) in [6, 6.07) is 25.2. The molecule has 0 aliphatic heterocycles. The van der Waals surface area contributed by atoms with E-state index in [-0.39, 0.29) is 22.8 Å². The number of fused-ring (bicyclic) bond motifs is 2. The second-order valence-corrected chi connectivity index (χ2v) is 15.1. The van der Waals surface area contributed by atoms with Gasteiger partial charge in [-0.05, 0) is 92.0 Å². The number of amides is 2. The number of primary amides is 1. The number of anilines is 2. The first-order valence-electron chi connectivity index (χ1n) is 19.1. The number of pyridine rings is 2. The zero-order chi connectivity index (χ0) is 40.3. The molecular weight excluding hydrogens is 741 g/mol. The lowest BCUT2D eigenvalue weighted by Gasteiger charge is -2.16. The Morgan fingerprint density at radius 2 is 1.67 bits per heavy atom. The molecule has 6 rings (SSSR count). The van der Waals surface area contributed by atoms with Gasteiger partial charge in [-0.15, -0.1) is 0 Å². The lowest BCUT2D eigenvalue weighted by Crippen LogP contribution is -2.24. The van der Waals surface area contributed by atoms with Gasteiger partial charge >= 0.3 is 0 Å². The van der Waals surface area contributed by atoms with Gasteiger partial charge in [0.15, 0.2) is 0 Å². The standard InChI is InChI=1S/C44H48N6O6S/c1-27-21-32(24-35-40(27)48-25-36(43(45)54)41(35)49-29-12-10-13-30(23-29)56-2)57-31-14-9-11-28(22-31)44(55)47-20-8-6-4-3-5-7-19-46-26-38(52)33-15-17-37(51)42-34(33)16-18-39(53)50-42/h9-18,21-25,38,46,51-52H,3-8,19-20,26H2,1-2H3,(H2,45,54)(H,47,55)(H,48,49)(H,50,53). The van der Waals surface area contributed by atoms with E-state index in [4.69, 9.17) is 10.5 Å². The number of phenols is 1. The number of aromatic hydroxyl groups is 1. The van der Waals surface area contributed by atoms with Gasteiger partial charge in [0, 0.05) is 63.2 Å². The average Bonchev–Trinajstić information content (AvgIpc) is 3.20. The highest BCUT2D eigenvalue weighted by Gasteiger charge is 2.17. The van der Waals surface area contributed by atoms with Crippen LogP contribution in [0.15, 0.2) is 106 Å². The molecule has 0 saturated heterocycles. The van der Waals surface area contributed by atoms with Crippen molar-refractivity contribution in [3.8, 4) is 11.5 Å². The van der Waals surface area contributed by atoms with Crippen LogP contribution in [0.1, 0.15) is 76.5 Å². The summed E-state index contributed by atoms with van der Waals surface area (Å²) in [5, 5.41) is 31.9. The number of carbonyl (C=O) groups is 2. The maximum atomic E-state index is 13.1. The number of methoxy groups -OCH3 is 1. The molecule has 4 aromatic carbocycles. The first-order valence-corrected chi connectivity index (χ1v) is 19.9. The Bertz CT molecular complexity index is 2440. The van der Waals surface area contributed by atoms with Crippen LogP contribution in [-0.2, 0) is 0 Å². The number of nitrogens with one attached hydrogen (secondary N) is 4. The number of aryl methyl sites for hydroxylation is 1. The van der Waals surface area contributed by atoms with E-state index in [1.807, 2.05) is 67.6 Å². The molecule has 0 radical (unpaired) electrons. The van der Waals surface area contributed by atoms with Crippen molar-refractivity contribution >= 4 is 56.8 Å². The minimum atomic E-state index is -0.774. The molecule has 8 N–H and O–H groups in total. The van der Waals surface area contributed by atoms with Crippen LogP contribution < -0.4 is 32.0 Å². The maximum absolute atomic E-state index is 13.1. The molecule has 2 amide bonds. The largest absolute Gasteiger partial charge is 0.506 e. The van der Waals surface area contributed by atoms with Crippen LogP contribution in [0.5, 0.6) is 11.5 Å². The third-order valence-corrected chi connectivity index (χ3v) is 10.7. The summed E-state index contributed by atoms with van der Waals surface area (Å²) in [5.41, 5.74) is 10.3. The highest BCUT2D eigenvalue weighted by atomic mass is 32.2. The van der Waals surface area contributed by atoms with E-state index in [2.05, 4.69) is 25.9 Å². The fraction of sp³-hybridized carbons (Fsp3) is 0.273. The Kier molecular flexibility index (Phi) is 13.8. The Morgan fingerprint density at radius 1 is 0.895 bits per heavy atom. The van der Waals surface area contributed by atoms with Gasteiger partial charge in [-0.25, -0.2) is 0 Å². The molecular formula is C44H48N6O6S. The number of phenolic OH excluding ortho intramolecular Hbond substituents is 1. The van der Waals surface area contributed by atoms with Crippen LogP contribution in [-0.4, -0.2) is 58.7 Å². The lowest BCUT2D eigenvalue weighted by molar-refractivity contribution is 0.0951. The Hall–Kier alpha value is -5.89. The summed E-state index contributed by atoms with van der Waals surface area (Å²) in [7, 11) is 1.60. The number of hydrogen-bond donors (Lipinski definition) is 7. The second kappa shape index (κ2) is 19.3. The summed E-state index contributed by atoms with van der Waals surface area (Å²) in [5.74, 6) is -0.0632. The monoisotopic (exact) mass is 788 g/mol. The average molecular weight is 789 g/mol. The number of aliphatic hydroxyl groups is 1. The number of aliphatic hydroxyl groups excluding tert-OH is 1. The van der Waals surface area contributed by atoms with Gasteiger partial charge in [-0.3, -0.25) is 19.4 Å². The highest BCUT2D eigenvalue weighted by Crippen LogP contribution is 2.37. The van der Waals surface area contributed by atoms with Crippen LogP contribution in [0, 0.1) is 6.92 Å². The molecule has 12 nitrogen and oxygen atoms in total. The predicted molar refractivity (Wildman–Crippen MR) is 226 cm³/mol. The Labute approximate surface area is 335 Å². The van der Waals surface area contributed by atoms with E-state index >= 15 is 0 Å². The fourth-order valence-corrected chi connectivity index (χ4v) is 7.81. The minimum absolute atomic E-state index is 0.0279. The van der Waals surface area contributed by atoms with Crippen LogP contribution in [0.4, 0.5) is 11.4 Å². The molecule has 0 aliphatic rings. The number of carbonyl (C=O) groups excluding carboxylic acids is 2. The number of rotatable bonds is 19. The minimum Gasteiger partial charge on any atom is -0.506 e. The molecule has 2 heterocycles. The highest BCUT2D eigenvalue weighted by molar-refractivity contribution is 7.99. The number of nitrogens with zero attached hydrogens (tertiary/aromatic N) is 1. The van der Waals surface area contributed by atoms with E-state index in [0.29, 0.717) is 46.6 Å². The maximum Gasteiger partial charge on any atom is 0.252 e. The van der Waals surface area contributed by atoms with E-state index in [9.17, 15) is 24.6 Å². The molecule has 296 valence electrons. The van der Waals surface area contributed by atoms with Gasteiger partial charge in [-0.1, -0.05) is 55.6 Å². The van der Waals surface area contributed by atoms with Gasteiger partial charge in [0.1, 0.15) is 11.5 Å². The Morgan fingerprint density at radius 3 is 2.46 bits per heavy atom. The van der Waals surface area contributed by atoms with Crippen molar-refractivity contribution in [3.05, 3.63) is 124 Å². The molecule has 57 heavy (non-hydrogen) atoms. The SMILES string of the molecule is COc1cccc(Nc2c(C(N)=O)cnc3c(C)cc(Sc4cccc(C(=O)NCCCCCCCCNCC(O)c5ccc(O)c6[nH]c(=O)ccc56)c4)cc23)c1. The number of hydrogen-bond acceptors (Lipinski definition) is 10. The number of nitrogens with two attached hydrogens (primary N) is 1. The zero-order valence-corrected chi connectivity index (χ0v) is 32.9. The molecule has 0 spiro atoms. The van der Waals surface area contributed by atoms with Gasteiger partial charge in [0.2, 0.25) is 5.56 Å². The van der Waals surface area contributed by atoms with Gasteiger partial charge in [0.05, 0.1) is 35.5 Å². The van der Waals surface area contributed by atoms with E-state index < -0.39 is 12.0 Å². The molecule has 6 aromatic rings. The first-order chi connectivity index (χ1) is 27.6. The summed E-state index contributed by atoms with van der Waals surface area (Å²) in [4.78, 5) is 46.2. The van der Waals surface area contributed by atoms with Crippen LogP contribution >= 0.6 is 11.8 Å². The fourth-order valence-electron chi connectivity index (χ4n) is 6.79. The van der Waals surface area contributed by atoms with Crippen LogP contribution in [0.25, 0.3) is 21.8 Å². The first kappa shape index (κ1) is 40.8. The summed E-state index contributed by atoms with van der Waals surface area (Å²) < 4.78 is 5.38. The van der Waals surface area contributed by atoms with Crippen molar-refractivity contribution in [3.63, 3.8) is 0 Å². The van der Waals surface area contributed by atoms with Crippen molar-refractivity contribution in [2.45, 2.75) is 61.3 Å². The zero-order valence-electron chi connectivity index (χ0n) is 32.1. The summed E-state index contributed by atoms with van der Waals surface area (Å²) >= 11 is 1.52. The normalized spacial score (nSPS) is 11.8. The lowest BCUT2D eigenvalue weighted by atomic mass is 10.0. The molecule has 0 bridgehead atoms. The molecule has 1 atom stereocenters. The van der Waals surface area contributed by atoms with Crippen molar-refractivity contribution in [1.29, 1.82) is 0 Å². The number of aromatic nitrogens is 2. The molecule has 0 saturated carbocycles. The molecule has 13 heteroatoms. The second-order valence-electron chi connectivity index (χ2n) is 13.9. The van der Waals surface area contributed by atoms with E-state index in [1.54, 1.807) is 19.2 Å². The molecule has 2 aromatic heterocycles. The predicted octanol–water partition coefficient (Wildman–Crippen LogP) is 7.49. The number of unbranched alkanes of at least 4 members (excludes halogenated alkanes) is 5. The number of H-pyrrole nitrogens is 1. The number of aromatic amines is 1. The Balaban J connectivity index is 0.941. The van der Waals surface area contributed by atoms with E-state index in [0.717, 1.165) is 77.0 Å². The van der Waals surface area contributed by atoms with Gasteiger partial charge < -0.3 is 41.6 Å². The third-order valence-electron chi connectivity index (χ3n) is 9.74.